The molecule has 1 aromatic carbocycles. The van der Waals surface area contributed by atoms with E-state index in [9.17, 15) is 4.79 Å². The summed E-state index contributed by atoms with van der Waals surface area (Å²) >= 11 is 3.42. The van der Waals surface area contributed by atoms with Gasteiger partial charge in [-0.1, -0.05) is 48.8 Å². The van der Waals surface area contributed by atoms with E-state index in [1.165, 1.54) is 0 Å². The maximum absolute atomic E-state index is 12.3. The molecule has 4 heteroatoms. The molecule has 0 spiro atoms. The highest BCUT2D eigenvalue weighted by atomic mass is 79.9. The van der Waals surface area contributed by atoms with E-state index in [0.29, 0.717) is 0 Å². The molecule has 0 unspecified atom stereocenters. The Hall–Kier alpha value is -0.640. The lowest BCUT2D eigenvalue weighted by atomic mass is 10.1. The fourth-order valence-corrected chi connectivity index (χ4v) is 3.26. The Morgan fingerprint density at radius 2 is 1.64 bits per heavy atom. The predicted molar refractivity (Wildman–Crippen MR) is 93.3 cm³/mol. The van der Waals surface area contributed by atoms with Crippen molar-refractivity contribution in [2.45, 2.75) is 40.0 Å². The molecule has 0 aliphatic heterocycles. The number of carbonyl (C=O) groups excluding carboxylic acids is 1. The molecule has 0 fully saturated rings. The van der Waals surface area contributed by atoms with Gasteiger partial charge in [0, 0.05) is 16.1 Å². The second-order valence-corrected chi connectivity index (χ2v) is 6.50. The molecule has 1 rings (SSSR count). The topological polar surface area (TPSA) is 17.1 Å². The fraction of sp³-hybridized carbons (Fsp3) is 0.500. The van der Waals surface area contributed by atoms with Gasteiger partial charge in [-0.25, -0.2) is 0 Å². The van der Waals surface area contributed by atoms with Crippen LogP contribution in [0.5, 0.6) is 0 Å². The largest absolute Gasteiger partial charge is 1.00 e. The molecule has 0 aromatic heterocycles. The number of ketones is 1. The maximum Gasteiger partial charge on any atom is 0.191 e. The van der Waals surface area contributed by atoms with Crippen molar-refractivity contribution in [2.24, 2.45) is 0 Å². The average Bonchev–Trinajstić information content (AvgIpc) is 2.45. The number of carbonyl (C=O) groups is 1. The summed E-state index contributed by atoms with van der Waals surface area (Å²) in [5.41, 5.74) is 0.739. The lowest BCUT2D eigenvalue weighted by Crippen LogP contribution is -3.00. The van der Waals surface area contributed by atoms with Crippen molar-refractivity contribution < 1.29 is 21.7 Å². The van der Waals surface area contributed by atoms with Gasteiger partial charge < -0.3 is 12.4 Å². The van der Waals surface area contributed by atoms with Crippen molar-refractivity contribution in [1.29, 1.82) is 0 Å². The molecule has 2 nitrogen and oxygen atoms in total. The number of quaternary nitrogens is 1. The zero-order chi connectivity index (χ0) is 15.7. The van der Waals surface area contributed by atoms with Crippen LogP contribution in [0.15, 0.2) is 41.0 Å². The summed E-state index contributed by atoms with van der Waals surface area (Å²) in [6, 6.07) is 7.58. The molecule has 124 valence electrons. The molecule has 0 N–H and O–H groups in total. The Morgan fingerprint density at radius 1 is 1.09 bits per heavy atom. The minimum atomic E-state index is 0. The van der Waals surface area contributed by atoms with Gasteiger partial charge in [-0.05, 0) is 31.4 Å². The molecule has 22 heavy (non-hydrogen) atoms. The van der Waals surface area contributed by atoms with Gasteiger partial charge in [0.15, 0.2) is 5.78 Å². The summed E-state index contributed by atoms with van der Waals surface area (Å²) in [5, 5.41) is 0. The van der Waals surface area contributed by atoms with Gasteiger partial charge in [-0.3, -0.25) is 9.28 Å². The third-order valence-electron chi connectivity index (χ3n) is 3.66. The quantitative estimate of drug-likeness (QED) is 0.360. The monoisotopic (exact) mass is 387 g/mol. The number of rotatable bonds is 9. The minimum absolute atomic E-state index is 0. The van der Waals surface area contributed by atoms with Crippen molar-refractivity contribution in [3.8, 4) is 0 Å². The van der Waals surface area contributed by atoms with Crippen molar-refractivity contribution in [3.63, 3.8) is 0 Å². The highest BCUT2D eigenvalue weighted by Gasteiger charge is 2.22. The van der Waals surface area contributed by atoms with Gasteiger partial charge in [-0.2, -0.15) is 0 Å². The van der Waals surface area contributed by atoms with Crippen LogP contribution in [-0.4, -0.2) is 29.9 Å². The van der Waals surface area contributed by atoms with Crippen LogP contribution in [0.3, 0.4) is 0 Å². The maximum atomic E-state index is 12.3. The first-order valence-electron chi connectivity index (χ1n) is 7.91. The summed E-state index contributed by atoms with van der Waals surface area (Å²) < 4.78 is 1.86. The van der Waals surface area contributed by atoms with Crippen LogP contribution in [-0.2, 0) is 0 Å². The number of hydrogen-bond donors (Lipinski definition) is 0. The second-order valence-electron chi connectivity index (χ2n) is 5.58. The van der Waals surface area contributed by atoms with E-state index in [1.807, 2.05) is 24.3 Å². The number of allylic oxidation sites excluding steroid dienone is 1. The van der Waals surface area contributed by atoms with Gasteiger partial charge in [0.25, 0.3) is 0 Å². The molecule has 0 radical (unpaired) electrons. The van der Waals surface area contributed by atoms with Crippen LogP contribution in [0.25, 0.3) is 0 Å². The Balaban J connectivity index is 0.00000441. The molecule has 0 atom stereocenters. The molecular weight excluding hydrogens is 362 g/mol. The Labute approximate surface area is 149 Å². The van der Waals surface area contributed by atoms with Crippen molar-refractivity contribution in [3.05, 3.63) is 46.6 Å². The van der Waals surface area contributed by atoms with E-state index in [2.05, 4.69) is 42.9 Å². The van der Waals surface area contributed by atoms with Crippen LogP contribution in [0.4, 0.5) is 0 Å². The number of nitrogens with zero attached hydrogens (tertiary/aromatic N) is 1. The molecule has 0 amide bonds. The third-order valence-corrected chi connectivity index (χ3v) is 4.15. The van der Waals surface area contributed by atoms with E-state index in [1.54, 1.807) is 6.08 Å². The molecule has 0 saturated carbocycles. The molecule has 0 aliphatic carbocycles. The number of benzene rings is 1. The van der Waals surface area contributed by atoms with Crippen molar-refractivity contribution in [1.82, 2.24) is 0 Å². The van der Waals surface area contributed by atoms with Crippen LogP contribution >= 0.6 is 15.9 Å². The van der Waals surface area contributed by atoms with Crippen LogP contribution < -0.4 is 12.4 Å². The lowest BCUT2D eigenvalue weighted by Gasteiger charge is -2.34. The third kappa shape index (κ3) is 6.64. The summed E-state index contributed by atoms with van der Waals surface area (Å²) in [6.45, 7) is 9.94. The molecule has 0 bridgehead atoms. The fourth-order valence-electron chi connectivity index (χ4n) is 2.86. The zero-order valence-electron chi connectivity index (χ0n) is 13.8. The standard InChI is InChI=1S/C18H27BrNO.ClH/c1-4-11-20(12-5-2,13-6-3)14-10-18(21)16-8-7-9-17(19)15-16;/h7-10,14-15H,4-6,11-13H2,1-3H3;1H/q+1;/p-1/b14-10+;. The molecule has 0 aliphatic rings. The minimum Gasteiger partial charge on any atom is -1.00 e. The van der Waals surface area contributed by atoms with Crippen molar-refractivity contribution >= 4 is 21.7 Å². The van der Waals surface area contributed by atoms with E-state index in [-0.39, 0.29) is 18.2 Å². The Morgan fingerprint density at radius 3 is 2.09 bits per heavy atom. The summed E-state index contributed by atoms with van der Waals surface area (Å²) in [7, 11) is 0. The predicted octanol–water partition coefficient (Wildman–Crippen LogP) is 2.20. The first kappa shape index (κ1) is 21.4. The highest BCUT2D eigenvalue weighted by Crippen LogP contribution is 2.16. The van der Waals surface area contributed by atoms with E-state index >= 15 is 0 Å². The number of halogens is 2. The highest BCUT2D eigenvalue weighted by molar-refractivity contribution is 9.10. The normalized spacial score (nSPS) is 11.5. The smallest absolute Gasteiger partial charge is 0.191 e. The van der Waals surface area contributed by atoms with E-state index in [0.717, 1.165) is 53.4 Å². The van der Waals surface area contributed by atoms with Gasteiger partial charge in [-0.15, -0.1) is 0 Å². The summed E-state index contributed by atoms with van der Waals surface area (Å²) in [6.07, 6.45) is 7.29. The summed E-state index contributed by atoms with van der Waals surface area (Å²) in [4.78, 5) is 12.3. The summed E-state index contributed by atoms with van der Waals surface area (Å²) in [5.74, 6) is 0.0853. The van der Waals surface area contributed by atoms with Crippen LogP contribution in [0.1, 0.15) is 50.4 Å². The first-order valence-corrected chi connectivity index (χ1v) is 8.71. The van der Waals surface area contributed by atoms with Crippen molar-refractivity contribution in [2.75, 3.05) is 19.6 Å². The van der Waals surface area contributed by atoms with Gasteiger partial charge in [0.2, 0.25) is 0 Å². The van der Waals surface area contributed by atoms with Gasteiger partial charge in [0.05, 0.1) is 25.8 Å². The Kier molecular flexibility index (Phi) is 10.7. The average molecular weight is 389 g/mol. The van der Waals surface area contributed by atoms with Crippen LogP contribution in [0, 0.1) is 0 Å². The lowest BCUT2D eigenvalue weighted by molar-refractivity contribution is -0.879. The second kappa shape index (κ2) is 11.0. The molecule has 1 aromatic rings. The van der Waals surface area contributed by atoms with E-state index in [4.69, 9.17) is 0 Å². The Bertz CT molecular complexity index is 471. The van der Waals surface area contributed by atoms with Gasteiger partial charge in [0.1, 0.15) is 0 Å². The van der Waals surface area contributed by atoms with Gasteiger partial charge >= 0.3 is 0 Å². The molecule has 0 heterocycles. The first-order chi connectivity index (χ1) is 10.1. The van der Waals surface area contributed by atoms with Crippen LogP contribution in [0.2, 0.25) is 0 Å². The van der Waals surface area contributed by atoms with E-state index < -0.39 is 0 Å². The number of hydrogen-bond acceptors (Lipinski definition) is 1. The zero-order valence-corrected chi connectivity index (χ0v) is 16.2. The molecule has 0 saturated heterocycles. The SMILES string of the molecule is CCC[N+](/C=C/C(=O)c1cccc(Br)c1)(CCC)CCC.[Cl-]. The molecular formula is C18H27BrClNO.